The van der Waals surface area contributed by atoms with E-state index in [-0.39, 0.29) is 5.69 Å². The Labute approximate surface area is 101 Å². The molecular weight excluding hydrogens is 220 g/mol. The lowest BCUT2D eigenvalue weighted by Gasteiger charge is -2.08. The van der Waals surface area contributed by atoms with Crippen molar-refractivity contribution in [3.05, 3.63) is 34.4 Å². The Kier molecular flexibility index (Phi) is 5.42. The fourth-order valence-corrected chi connectivity index (χ4v) is 1.32. The topological polar surface area (TPSA) is 64.4 Å². The molecule has 0 fully saturated rings. The summed E-state index contributed by atoms with van der Waals surface area (Å²) >= 11 is 0. The van der Waals surface area contributed by atoms with E-state index in [1.807, 2.05) is 0 Å². The molecule has 0 amide bonds. The first-order chi connectivity index (χ1) is 8.09. The minimum Gasteiger partial charge on any atom is -0.494 e. The highest BCUT2D eigenvalue weighted by molar-refractivity contribution is 5.35. The van der Waals surface area contributed by atoms with Crippen LogP contribution in [-0.2, 0) is 0 Å². The van der Waals surface area contributed by atoms with Gasteiger partial charge in [-0.3, -0.25) is 10.1 Å². The molecule has 0 heterocycles. The van der Waals surface area contributed by atoms with Crippen LogP contribution < -0.4 is 10.1 Å². The summed E-state index contributed by atoms with van der Waals surface area (Å²) in [7, 11) is 0. The molecule has 94 valence electrons. The Balaban J connectivity index is 2.25. The zero-order chi connectivity index (χ0) is 12.7. The third kappa shape index (κ3) is 5.31. The highest BCUT2D eigenvalue weighted by Gasteiger charge is 2.03. The minimum atomic E-state index is -0.420. The molecule has 0 spiro atoms. The molecule has 0 saturated carbocycles. The van der Waals surface area contributed by atoms with Crippen molar-refractivity contribution in [1.29, 1.82) is 0 Å². The number of ether oxygens (including phenoxy) is 1. The summed E-state index contributed by atoms with van der Waals surface area (Å²) in [5.74, 6) is 0.667. The second kappa shape index (κ2) is 6.85. The fourth-order valence-electron chi connectivity index (χ4n) is 1.32. The molecule has 0 aromatic heterocycles. The third-order valence-electron chi connectivity index (χ3n) is 2.19. The van der Waals surface area contributed by atoms with Crippen LogP contribution in [0.5, 0.6) is 5.75 Å². The number of nitrogens with zero attached hydrogens (tertiary/aromatic N) is 1. The van der Waals surface area contributed by atoms with Crippen molar-refractivity contribution in [3.8, 4) is 5.75 Å². The quantitative estimate of drug-likeness (QED) is 0.450. The average molecular weight is 238 g/mol. The van der Waals surface area contributed by atoms with E-state index in [4.69, 9.17) is 4.74 Å². The van der Waals surface area contributed by atoms with Gasteiger partial charge >= 0.3 is 0 Å². The first-order valence-corrected chi connectivity index (χ1v) is 5.70. The second-order valence-corrected chi connectivity index (χ2v) is 4.06. The van der Waals surface area contributed by atoms with E-state index in [2.05, 4.69) is 19.2 Å². The molecule has 1 rings (SSSR count). The van der Waals surface area contributed by atoms with E-state index in [0.717, 1.165) is 13.0 Å². The predicted octanol–water partition coefficient (Wildman–Crippen LogP) is 2.36. The number of nitro groups is 1. The van der Waals surface area contributed by atoms with E-state index in [1.165, 1.54) is 12.1 Å². The number of hydrogen-bond acceptors (Lipinski definition) is 4. The largest absolute Gasteiger partial charge is 0.494 e. The van der Waals surface area contributed by atoms with Gasteiger partial charge in [0.1, 0.15) is 5.75 Å². The van der Waals surface area contributed by atoms with Gasteiger partial charge in [0.2, 0.25) is 0 Å². The Morgan fingerprint density at radius 1 is 1.35 bits per heavy atom. The van der Waals surface area contributed by atoms with Gasteiger partial charge in [0.05, 0.1) is 11.5 Å². The van der Waals surface area contributed by atoms with Crippen molar-refractivity contribution in [2.45, 2.75) is 26.3 Å². The van der Waals surface area contributed by atoms with Crippen LogP contribution in [0.2, 0.25) is 0 Å². The Morgan fingerprint density at radius 2 is 2.00 bits per heavy atom. The molecule has 5 heteroatoms. The molecule has 1 aromatic carbocycles. The number of nitrogens with one attached hydrogen (secondary N) is 1. The fraction of sp³-hybridized carbons (Fsp3) is 0.500. The minimum absolute atomic E-state index is 0.0822. The molecule has 0 radical (unpaired) electrons. The molecule has 0 unspecified atom stereocenters. The number of non-ortho nitro benzene ring substituents is 1. The molecule has 1 aromatic rings. The number of nitro benzene ring substituents is 1. The highest BCUT2D eigenvalue weighted by atomic mass is 16.6. The summed E-state index contributed by atoms with van der Waals surface area (Å²) in [6.07, 6.45) is 0.912. The Hall–Kier alpha value is -1.62. The van der Waals surface area contributed by atoms with Crippen molar-refractivity contribution in [1.82, 2.24) is 5.32 Å². The zero-order valence-corrected chi connectivity index (χ0v) is 10.2. The summed E-state index contributed by atoms with van der Waals surface area (Å²) in [5.41, 5.74) is 0.0822. The molecule has 17 heavy (non-hydrogen) atoms. The van der Waals surface area contributed by atoms with Gasteiger partial charge in [0.25, 0.3) is 5.69 Å². The van der Waals surface area contributed by atoms with Crippen molar-refractivity contribution >= 4 is 5.69 Å². The zero-order valence-electron chi connectivity index (χ0n) is 10.2. The standard InChI is InChI=1S/C12H18N2O3/c1-10(2)13-8-3-9-17-12-6-4-11(5-7-12)14(15)16/h4-7,10,13H,3,8-9H2,1-2H3. The number of rotatable bonds is 7. The first kappa shape index (κ1) is 13.4. The molecule has 0 saturated heterocycles. The SMILES string of the molecule is CC(C)NCCCOc1ccc([N+](=O)[O-])cc1. The summed E-state index contributed by atoms with van der Waals surface area (Å²) in [6.45, 7) is 5.70. The monoisotopic (exact) mass is 238 g/mol. The van der Waals surface area contributed by atoms with E-state index >= 15 is 0 Å². The number of benzene rings is 1. The van der Waals surface area contributed by atoms with Gasteiger partial charge < -0.3 is 10.1 Å². The van der Waals surface area contributed by atoms with Gasteiger partial charge in [-0.15, -0.1) is 0 Å². The maximum Gasteiger partial charge on any atom is 0.269 e. The van der Waals surface area contributed by atoms with Gasteiger partial charge in [0, 0.05) is 18.2 Å². The van der Waals surface area contributed by atoms with Crippen LogP contribution >= 0.6 is 0 Å². The molecule has 1 N–H and O–H groups in total. The van der Waals surface area contributed by atoms with E-state index in [0.29, 0.717) is 18.4 Å². The Morgan fingerprint density at radius 3 is 2.53 bits per heavy atom. The summed E-state index contributed by atoms with van der Waals surface area (Å²) in [5, 5.41) is 13.7. The summed E-state index contributed by atoms with van der Waals surface area (Å²) < 4.78 is 5.46. The molecule has 0 bridgehead atoms. The molecule has 5 nitrogen and oxygen atoms in total. The van der Waals surface area contributed by atoms with Crippen molar-refractivity contribution < 1.29 is 9.66 Å². The molecular formula is C12H18N2O3. The van der Waals surface area contributed by atoms with Crippen LogP contribution in [0.25, 0.3) is 0 Å². The maximum atomic E-state index is 10.4. The van der Waals surface area contributed by atoms with Gasteiger partial charge in [-0.25, -0.2) is 0 Å². The predicted molar refractivity (Wildman–Crippen MR) is 66.3 cm³/mol. The summed E-state index contributed by atoms with van der Waals surface area (Å²) in [6, 6.07) is 6.61. The van der Waals surface area contributed by atoms with Crippen molar-refractivity contribution in [2.24, 2.45) is 0 Å². The lowest BCUT2D eigenvalue weighted by atomic mass is 10.3. The normalized spacial score (nSPS) is 10.5. The smallest absolute Gasteiger partial charge is 0.269 e. The van der Waals surface area contributed by atoms with Crippen LogP contribution in [0.3, 0.4) is 0 Å². The average Bonchev–Trinajstić information content (AvgIpc) is 2.29. The van der Waals surface area contributed by atoms with Crippen LogP contribution in [0.15, 0.2) is 24.3 Å². The lowest BCUT2D eigenvalue weighted by Crippen LogP contribution is -2.24. The van der Waals surface area contributed by atoms with Gasteiger partial charge in [-0.2, -0.15) is 0 Å². The van der Waals surface area contributed by atoms with E-state index < -0.39 is 4.92 Å². The molecule has 0 aliphatic rings. The van der Waals surface area contributed by atoms with Crippen LogP contribution in [-0.4, -0.2) is 24.1 Å². The van der Waals surface area contributed by atoms with Gasteiger partial charge in [-0.05, 0) is 25.1 Å². The van der Waals surface area contributed by atoms with Crippen LogP contribution in [0, 0.1) is 10.1 Å². The first-order valence-electron chi connectivity index (χ1n) is 5.70. The molecule has 0 atom stereocenters. The highest BCUT2D eigenvalue weighted by Crippen LogP contribution is 2.17. The lowest BCUT2D eigenvalue weighted by molar-refractivity contribution is -0.384. The van der Waals surface area contributed by atoms with E-state index in [1.54, 1.807) is 12.1 Å². The van der Waals surface area contributed by atoms with Gasteiger partial charge in [0.15, 0.2) is 0 Å². The summed E-state index contributed by atoms with van der Waals surface area (Å²) in [4.78, 5) is 10.0. The molecule has 0 aliphatic heterocycles. The van der Waals surface area contributed by atoms with Crippen molar-refractivity contribution in [2.75, 3.05) is 13.2 Å². The third-order valence-corrected chi connectivity index (χ3v) is 2.19. The second-order valence-electron chi connectivity index (χ2n) is 4.06. The van der Waals surface area contributed by atoms with Crippen LogP contribution in [0.4, 0.5) is 5.69 Å². The van der Waals surface area contributed by atoms with E-state index in [9.17, 15) is 10.1 Å². The Bertz CT molecular complexity index is 349. The van der Waals surface area contributed by atoms with Crippen molar-refractivity contribution in [3.63, 3.8) is 0 Å². The molecule has 0 aliphatic carbocycles. The van der Waals surface area contributed by atoms with Gasteiger partial charge in [-0.1, -0.05) is 13.8 Å². The van der Waals surface area contributed by atoms with Crippen LogP contribution in [0.1, 0.15) is 20.3 Å². The number of hydrogen-bond donors (Lipinski definition) is 1. The maximum absolute atomic E-state index is 10.4.